The number of nitrogens with zero attached hydrogens (tertiary/aromatic N) is 2. The number of nitrogens with two attached hydrogens (primary N) is 1. The molecule has 0 aromatic heterocycles. The van der Waals surface area contributed by atoms with Crippen LogP contribution in [0, 0.1) is 0 Å². The molecule has 4 aromatic carbocycles. The molecule has 266 valence electrons. The zero-order chi connectivity index (χ0) is 33.7. The number of carbonyl (C=O) groups is 2. The summed E-state index contributed by atoms with van der Waals surface area (Å²) in [4.78, 5) is 27.1. The van der Waals surface area contributed by atoms with Gasteiger partial charge in [0.25, 0.3) is 0 Å². The van der Waals surface area contributed by atoms with Gasteiger partial charge in [0.1, 0.15) is 0 Å². The Morgan fingerprint density at radius 1 is 0.612 bits per heavy atom. The van der Waals surface area contributed by atoms with Crippen molar-refractivity contribution in [3.8, 4) is 0 Å². The summed E-state index contributed by atoms with van der Waals surface area (Å²) >= 11 is 0. The SMILES string of the molecule is CCOC(=O)C[C@H](O)CN(Cc1ccccc1)Cc1ccccc1.NNC(=O)C[C@H](O)CN(Cc1ccccc1)Cc1ccccc1.S.S. The number of amides is 1. The Morgan fingerprint density at radius 2 is 0.918 bits per heavy atom. The first-order valence-electron chi connectivity index (χ1n) is 16.0. The Balaban J connectivity index is 0.000000471. The highest BCUT2D eigenvalue weighted by Gasteiger charge is 2.18. The van der Waals surface area contributed by atoms with Gasteiger partial charge in [-0.2, -0.15) is 27.0 Å². The second kappa shape index (κ2) is 25.3. The van der Waals surface area contributed by atoms with Gasteiger partial charge in [-0.3, -0.25) is 24.8 Å². The Morgan fingerprint density at radius 3 is 1.20 bits per heavy atom. The van der Waals surface area contributed by atoms with Crippen LogP contribution in [0.4, 0.5) is 0 Å². The molecule has 0 saturated heterocycles. The van der Waals surface area contributed by atoms with E-state index in [0.717, 1.165) is 13.1 Å². The molecule has 4 aromatic rings. The fourth-order valence-electron chi connectivity index (χ4n) is 5.15. The summed E-state index contributed by atoms with van der Waals surface area (Å²) in [5, 5.41) is 20.3. The maximum Gasteiger partial charge on any atom is 0.308 e. The molecule has 0 heterocycles. The van der Waals surface area contributed by atoms with E-state index in [2.05, 4.69) is 63.8 Å². The minimum absolute atomic E-state index is 0. The van der Waals surface area contributed by atoms with E-state index in [4.69, 9.17) is 10.6 Å². The number of nitrogens with one attached hydrogen (secondary N) is 1. The summed E-state index contributed by atoms with van der Waals surface area (Å²) in [6, 6.07) is 40.4. The lowest BCUT2D eigenvalue weighted by Crippen LogP contribution is -2.37. The van der Waals surface area contributed by atoms with Gasteiger partial charge in [0.15, 0.2) is 0 Å². The van der Waals surface area contributed by atoms with E-state index >= 15 is 0 Å². The Labute approximate surface area is 305 Å². The predicted octanol–water partition coefficient (Wildman–Crippen LogP) is 4.66. The number of ether oxygens (including phenoxy) is 1. The first-order chi connectivity index (χ1) is 22.8. The molecule has 4 rings (SSSR count). The van der Waals surface area contributed by atoms with Crippen molar-refractivity contribution in [2.45, 2.75) is 58.2 Å². The summed E-state index contributed by atoms with van der Waals surface area (Å²) in [5.41, 5.74) is 6.74. The monoisotopic (exact) mass is 708 g/mol. The second-order valence-electron chi connectivity index (χ2n) is 11.4. The summed E-state index contributed by atoms with van der Waals surface area (Å²) in [6.45, 7) is 5.77. The van der Waals surface area contributed by atoms with Crippen molar-refractivity contribution in [3.05, 3.63) is 144 Å². The van der Waals surface area contributed by atoms with Crippen LogP contribution in [0.25, 0.3) is 0 Å². The number of hydrogen-bond donors (Lipinski definition) is 4. The molecule has 0 aliphatic rings. The van der Waals surface area contributed by atoms with Crippen molar-refractivity contribution >= 4 is 38.9 Å². The molecule has 9 nitrogen and oxygen atoms in total. The predicted molar refractivity (Wildman–Crippen MR) is 205 cm³/mol. The molecule has 0 spiro atoms. The third-order valence-corrected chi connectivity index (χ3v) is 7.22. The summed E-state index contributed by atoms with van der Waals surface area (Å²) in [7, 11) is 0. The number of carbonyl (C=O) groups excluding carboxylic acids is 2. The molecule has 0 aliphatic heterocycles. The lowest BCUT2D eigenvalue weighted by Gasteiger charge is -2.25. The molecule has 5 N–H and O–H groups in total. The first-order valence-corrected chi connectivity index (χ1v) is 16.0. The van der Waals surface area contributed by atoms with E-state index in [1.165, 1.54) is 22.3 Å². The quantitative estimate of drug-likeness (QED) is 0.0540. The number of aliphatic hydroxyl groups excluding tert-OH is 2. The van der Waals surface area contributed by atoms with Gasteiger partial charge in [-0.1, -0.05) is 121 Å². The van der Waals surface area contributed by atoms with Crippen LogP contribution < -0.4 is 11.3 Å². The van der Waals surface area contributed by atoms with Crippen LogP contribution in [0.5, 0.6) is 0 Å². The van der Waals surface area contributed by atoms with Crippen LogP contribution in [0.15, 0.2) is 121 Å². The van der Waals surface area contributed by atoms with Crippen LogP contribution in [-0.2, 0) is 40.5 Å². The highest BCUT2D eigenvalue weighted by atomic mass is 32.1. The van der Waals surface area contributed by atoms with Crippen LogP contribution in [0.3, 0.4) is 0 Å². The smallest absolute Gasteiger partial charge is 0.308 e. The third-order valence-electron chi connectivity index (χ3n) is 7.22. The normalized spacial score (nSPS) is 11.6. The van der Waals surface area contributed by atoms with Gasteiger partial charge >= 0.3 is 5.97 Å². The number of hydrazine groups is 1. The van der Waals surface area contributed by atoms with Crippen molar-refractivity contribution in [1.29, 1.82) is 0 Å². The van der Waals surface area contributed by atoms with Crippen LogP contribution in [0.2, 0.25) is 0 Å². The van der Waals surface area contributed by atoms with Gasteiger partial charge < -0.3 is 14.9 Å². The van der Waals surface area contributed by atoms with E-state index < -0.39 is 12.2 Å². The first kappa shape index (κ1) is 43.3. The molecular weight excluding hydrogens is 657 g/mol. The van der Waals surface area contributed by atoms with Gasteiger partial charge in [-0.25, -0.2) is 5.84 Å². The zero-order valence-electron chi connectivity index (χ0n) is 28.2. The van der Waals surface area contributed by atoms with Crippen LogP contribution in [0.1, 0.15) is 42.0 Å². The molecule has 0 saturated carbocycles. The highest BCUT2D eigenvalue weighted by molar-refractivity contribution is 7.59. The van der Waals surface area contributed by atoms with Crippen molar-refractivity contribution in [2.75, 3.05) is 19.7 Å². The molecule has 0 bridgehead atoms. The molecule has 0 aliphatic carbocycles. The molecule has 0 unspecified atom stereocenters. The van der Waals surface area contributed by atoms with Gasteiger partial charge in [0, 0.05) is 39.3 Å². The summed E-state index contributed by atoms with van der Waals surface area (Å²) in [6.07, 6.45) is -1.48. The number of benzene rings is 4. The zero-order valence-corrected chi connectivity index (χ0v) is 30.2. The van der Waals surface area contributed by atoms with Crippen molar-refractivity contribution < 1.29 is 24.5 Å². The van der Waals surface area contributed by atoms with Gasteiger partial charge in [-0.15, -0.1) is 0 Å². The van der Waals surface area contributed by atoms with E-state index in [-0.39, 0.29) is 51.7 Å². The van der Waals surface area contributed by atoms with E-state index in [0.29, 0.717) is 32.8 Å². The van der Waals surface area contributed by atoms with Crippen molar-refractivity contribution in [2.24, 2.45) is 5.84 Å². The fourth-order valence-corrected chi connectivity index (χ4v) is 5.15. The number of esters is 1. The Bertz CT molecular complexity index is 1340. The summed E-state index contributed by atoms with van der Waals surface area (Å²) in [5.74, 6) is 4.35. The maximum absolute atomic E-state index is 11.6. The van der Waals surface area contributed by atoms with Gasteiger partial charge in [0.05, 0.1) is 31.7 Å². The number of rotatable bonds is 17. The molecule has 11 heteroatoms. The fraction of sp³-hybridized carbons (Fsp3) is 0.316. The topological polar surface area (TPSA) is 128 Å². The van der Waals surface area contributed by atoms with E-state index in [9.17, 15) is 19.8 Å². The largest absolute Gasteiger partial charge is 0.466 e. The van der Waals surface area contributed by atoms with Gasteiger partial charge in [-0.05, 0) is 29.2 Å². The number of aliphatic hydroxyl groups is 2. The number of hydrogen-bond acceptors (Lipinski definition) is 8. The van der Waals surface area contributed by atoms with E-state index in [1.807, 2.05) is 72.8 Å². The second-order valence-corrected chi connectivity index (χ2v) is 11.4. The van der Waals surface area contributed by atoms with E-state index in [1.54, 1.807) is 6.92 Å². The molecule has 49 heavy (non-hydrogen) atoms. The average molecular weight is 709 g/mol. The maximum atomic E-state index is 11.6. The lowest BCUT2D eigenvalue weighted by molar-refractivity contribution is -0.145. The molecule has 1 amide bonds. The lowest BCUT2D eigenvalue weighted by atomic mass is 10.1. The molecule has 0 radical (unpaired) electrons. The minimum atomic E-state index is -0.758. The van der Waals surface area contributed by atoms with Gasteiger partial charge in [0.2, 0.25) is 5.91 Å². The Kier molecular flexibility index (Phi) is 22.4. The highest BCUT2D eigenvalue weighted by Crippen LogP contribution is 2.13. The standard InChI is InChI=1S/C20H25NO3.C18H23N3O2.2H2S/c1-2-24-20(23)13-19(22)16-21(14-17-9-5-3-6-10-17)15-18-11-7-4-8-12-18;19-20-18(23)11-17(22)14-21(12-15-7-3-1-4-8-15)13-16-9-5-2-6-10-16;;/h3-12,19,22H,2,13-16H2,1H3;1-10,17,22H,11-14,19H2,(H,20,23);2*1H2/t19-;17-;;/m00../s1. The van der Waals surface area contributed by atoms with Crippen LogP contribution in [-0.4, -0.2) is 63.8 Å². The molecule has 0 fully saturated rings. The molecule has 2 atom stereocenters. The van der Waals surface area contributed by atoms with Crippen molar-refractivity contribution in [3.63, 3.8) is 0 Å². The Hall–Kier alpha value is -3.68. The minimum Gasteiger partial charge on any atom is -0.466 e. The summed E-state index contributed by atoms with van der Waals surface area (Å²) < 4.78 is 4.91. The average Bonchev–Trinajstić information content (AvgIpc) is 3.07. The van der Waals surface area contributed by atoms with Crippen LogP contribution >= 0.6 is 27.0 Å². The molecular formula is C38H52N4O5S2. The van der Waals surface area contributed by atoms with Crippen molar-refractivity contribution in [1.82, 2.24) is 15.2 Å². The third kappa shape index (κ3) is 18.6.